The summed E-state index contributed by atoms with van der Waals surface area (Å²) in [5.41, 5.74) is 1.37. The molecule has 1 aromatic rings. The van der Waals surface area contributed by atoms with Crippen molar-refractivity contribution in [3.05, 3.63) is 35.9 Å². The fraction of sp³-hybridized carbons (Fsp3) is 0.652. The van der Waals surface area contributed by atoms with Crippen LogP contribution in [0, 0.1) is 17.8 Å². The number of likely N-dealkylation sites (tertiary alicyclic amines) is 1. The van der Waals surface area contributed by atoms with Gasteiger partial charge in [0, 0.05) is 25.6 Å². The maximum Gasteiger partial charge on any atom is 0.245 e. The van der Waals surface area contributed by atoms with Gasteiger partial charge in [-0.25, -0.2) is 0 Å². The average Bonchev–Trinajstić information content (AvgIpc) is 2.72. The minimum absolute atomic E-state index is 0.0491. The third-order valence-electron chi connectivity index (χ3n) is 6.03. The molecule has 0 aromatic heterocycles. The lowest BCUT2D eigenvalue weighted by molar-refractivity contribution is -0.139. The smallest absolute Gasteiger partial charge is 0.245 e. The number of piperidine rings is 1. The van der Waals surface area contributed by atoms with Crippen molar-refractivity contribution in [2.45, 2.75) is 52.5 Å². The first-order valence-electron chi connectivity index (χ1n) is 10.7. The normalized spacial score (nSPS) is 18.4. The predicted octanol–water partition coefficient (Wildman–Crippen LogP) is 2.85. The van der Waals surface area contributed by atoms with E-state index in [4.69, 9.17) is 0 Å². The Labute approximate surface area is 170 Å². The Kier molecular flexibility index (Phi) is 8.97. The summed E-state index contributed by atoms with van der Waals surface area (Å²) in [7, 11) is 1.83. The van der Waals surface area contributed by atoms with Gasteiger partial charge in [0.2, 0.25) is 11.8 Å². The first-order valence-corrected chi connectivity index (χ1v) is 10.7. The molecule has 0 saturated carbocycles. The molecule has 2 N–H and O–H groups in total. The number of nitrogens with zero attached hydrogens (tertiary/aromatic N) is 1. The largest absolute Gasteiger partial charge is 0.344 e. The van der Waals surface area contributed by atoms with E-state index in [1.807, 2.05) is 31.9 Å². The topological polar surface area (TPSA) is 61.4 Å². The van der Waals surface area contributed by atoms with Crippen molar-refractivity contribution in [3.8, 4) is 0 Å². The molecule has 1 aliphatic rings. The molecule has 1 saturated heterocycles. The highest BCUT2D eigenvalue weighted by molar-refractivity contribution is 5.88. The zero-order valence-electron chi connectivity index (χ0n) is 17.9. The summed E-state index contributed by atoms with van der Waals surface area (Å²) in [4.78, 5) is 27.6. The van der Waals surface area contributed by atoms with E-state index in [2.05, 4.69) is 41.8 Å². The molecule has 0 bridgehead atoms. The van der Waals surface area contributed by atoms with Crippen LogP contribution in [0.4, 0.5) is 0 Å². The van der Waals surface area contributed by atoms with Crippen LogP contribution < -0.4 is 10.6 Å². The van der Waals surface area contributed by atoms with Crippen molar-refractivity contribution < 1.29 is 9.59 Å². The Morgan fingerprint density at radius 2 is 1.79 bits per heavy atom. The number of amides is 2. The third kappa shape index (κ3) is 6.33. The molecule has 0 spiro atoms. The molecule has 0 aliphatic carbocycles. The van der Waals surface area contributed by atoms with Gasteiger partial charge in [-0.2, -0.15) is 0 Å². The first-order chi connectivity index (χ1) is 13.5. The summed E-state index contributed by atoms with van der Waals surface area (Å²) in [6, 6.07) is 10.1. The summed E-state index contributed by atoms with van der Waals surface area (Å²) < 4.78 is 0. The Morgan fingerprint density at radius 1 is 1.14 bits per heavy atom. The molecule has 156 valence electrons. The predicted molar refractivity (Wildman–Crippen MR) is 114 cm³/mol. The van der Waals surface area contributed by atoms with Gasteiger partial charge in [0.25, 0.3) is 0 Å². The van der Waals surface area contributed by atoms with Gasteiger partial charge in [0.15, 0.2) is 0 Å². The molecular weight excluding hydrogens is 350 g/mol. The second kappa shape index (κ2) is 11.2. The lowest BCUT2D eigenvalue weighted by Gasteiger charge is -2.36. The Balaban J connectivity index is 1.92. The highest BCUT2D eigenvalue weighted by atomic mass is 16.2. The summed E-state index contributed by atoms with van der Waals surface area (Å²) in [6.45, 7) is 8.18. The lowest BCUT2D eigenvalue weighted by atomic mass is 9.89. The van der Waals surface area contributed by atoms with Crippen LogP contribution in [0.1, 0.15) is 45.6 Å². The second-order valence-electron chi connectivity index (χ2n) is 8.29. The second-order valence-corrected chi connectivity index (χ2v) is 8.29. The van der Waals surface area contributed by atoms with Gasteiger partial charge >= 0.3 is 0 Å². The van der Waals surface area contributed by atoms with Crippen LogP contribution in [-0.4, -0.2) is 49.4 Å². The average molecular weight is 388 g/mol. The highest BCUT2D eigenvalue weighted by Crippen LogP contribution is 2.23. The Bertz CT molecular complexity index is 612. The number of nitrogens with one attached hydrogen (secondary N) is 2. The monoisotopic (exact) mass is 387 g/mol. The number of carbonyl (C=O) groups excluding carboxylic acids is 2. The van der Waals surface area contributed by atoms with Gasteiger partial charge in [-0.05, 0) is 43.7 Å². The molecule has 1 fully saturated rings. The molecule has 1 aromatic carbocycles. The fourth-order valence-corrected chi connectivity index (χ4v) is 3.88. The zero-order valence-corrected chi connectivity index (χ0v) is 17.9. The fourth-order valence-electron chi connectivity index (χ4n) is 3.88. The zero-order chi connectivity index (χ0) is 20.5. The van der Waals surface area contributed by atoms with E-state index < -0.39 is 6.04 Å². The van der Waals surface area contributed by atoms with Crippen LogP contribution in [0.3, 0.4) is 0 Å². The van der Waals surface area contributed by atoms with E-state index in [9.17, 15) is 9.59 Å². The minimum Gasteiger partial charge on any atom is -0.344 e. The molecule has 5 heteroatoms. The summed E-state index contributed by atoms with van der Waals surface area (Å²) >= 11 is 0. The van der Waals surface area contributed by atoms with E-state index in [1.54, 1.807) is 0 Å². The van der Waals surface area contributed by atoms with Gasteiger partial charge in [0.1, 0.15) is 6.04 Å². The molecule has 2 amide bonds. The molecule has 0 radical (unpaired) electrons. The third-order valence-corrected chi connectivity index (χ3v) is 6.03. The van der Waals surface area contributed by atoms with Crippen molar-refractivity contribution in [2.75, 3.05) is 26.7 Å². The van der Waals surface area contributed by atoms with Gasteiger partial charge in [-0.15, -0.1) is 0 Å². The summed E-state index contributed by atoms with van der Waals surface area (Å²) in [5, 5.41) is 6.06. The first kappa shape index (κ1) is 22.4. The Hall–Kier alpha value is -1.88. The number of hydrogen-bond donors (Lipinski definition) is 2. The summed E-state index contributed by atoms with van der Waals surface area (Å²) in [6.07, 6.45) is 3.99. The molecule has 28 heavy (non-hydrogen) atoms. The SMILES string of the molecule is CCC(C)C(NC(=O)C(C)CNC)C(=O)N1CCC(Cc2ccccc2)CC1. The van der Waals surface area contributed by atoms with Crippen molar-refractivity contribution in [3.63, 3.8) is 0 Å². The van der Waals surface area contributed by atoms with E-state index in [0.717, 1.165) is 38.8 Å². The van der Waals surface area contributed by atoms with Crippen molar-refractivity contribution >= 4 is 11.8 Å². The maximum atomic E-state index is 13.2. The quantitative estimate of drug-likeness (QED) is 0.685. The highest BCUT2D eigenvalue weighted by Gasteiger charge is 2.32. The van der Waals surface area contributed by atoms with Crippen LogP contribution in [0.25, 0.3) is 0 Å². The van der Waals surface area contributed by atoms with Crippen LogP contribution in [0.15, 0.2) is 30.3 Å². The van der Waals surface area contributed by atoms with Gasteiger partial charge in [-0.1, -0.05) is 57.5 Å². The molecular formula is C23H37N3O2. The molecule has 3 unspecified atom stereocenters. The van der Waals surface area contributed by atoms with Crippen LogP contribution in [0.5, 0.6) is 0 Å². The Morgan fingerprint density at radius 3 is 2.36 bits per heavy atom. The van der Waals surface area contributed by atoms with E-state index >= 15 is 0 Å². The van der Waals surface area contributed by atoms with Crippen LogP contribution in [-0.2, 0) is 16.0 Å². The maximum absolute atomic E-state index is 13.2. The van der Waals surface area contributed by atoms with E-state index in [1.165, 1.54) is 5.56 Å². The number of carbonyl (C=O) groups is 2. The molecule has 3 atom stereocenters. The van der Waals surface area contributed by atoms with Gasteiger partial charge in [0.05, 0.1) is 0 Å². The number of rotatable bonds is 9. The standard InChI is InChI=1S/C23H37N3O2/c1-5-17(2)21(25-22(27)18(3)16-24-4)23(28)26-13-11-20(12-14-26)15-19-9-7-6-8-10-19/h6-10,17-18,20-21,24H,5,11-16H2,1-4H3,(H,25,27). The molecule has 1 aliphatic heterocycles. The van der Waals surface area contributed by atoms with Crippen LogP contribution in [0.2, 0.25) is 0 Å². The van der Waals surface area contributed by atoms with E-state index in [0.29, 0.717) is 12.5 Å². The molecule has 1 heterocycles. The lowest BCUT2D eigenvalue weighted by Crippen LogP contribution is -2.54. The minimum atomic E-state index is -0.428. The van der Waals surface area contributed by atoms with Crippen molar-refractivity contribution in [1.29, 1.82) is 0 Å². The summed E-state index contributed by atoms with van der Waals surface area (Å²) in [5.74, 6) is 0.629. The van der Waals surface area contributed by atoms with Crippen molar-refractivity contribution in [1.82, 2.24) is 15.5 Å². The van der Waals surface area contributed by atoms with Crippen molar-refractivity contribution in [2.24, 2.45) is 17.8 Å². The molecule has 5 nitrogen and oxygen atoms in total. The van der Waals surface area contributed by atoms with Crippen LogP contribution >= 0.6 is 0 Å². The van der Waals surface area contributed by atoms with Gasteiger partial charge in [-0.3, -0.25) is 9.59 Å². The number of hydrogen-bond acceptors (Lipinski definition) is 3. The van der Waals surface area contributed by atoms with Gasteiger partial charge < -0.3 is 15.5 Å². The molecule has 2 rings (SSSR count). The number of benzene rings is 1. The van der Waals surface area contributed by atoms with E-state index in [-0.39, 0.29) is 23.7 Å².